The highest BCUT2D eigenvalue weighted by atomic mass is 16.2. The normalized spacial score (nSPS) is 14.0. The zero-order valence-corrected chi connectivity index (χ0v) is 7.56. The summed E-state index contributed by atoms with van der Waals surface area (Å²) in [4.78, 5) is 33.7. The van der Waals surface area contributed by atoms with Crippen LogP contribution in [0, 0.1) is 0 Å². The van der Waals surface area contributed by atoms with Crippen LogP contribution < -0.4 is 11.2 Å². The van der Waals surface area contributed by atoms with Crippen LogP contribution in [0.25, 0.3) is 0 Å². The smallest absolute Gasteiger partial charge is 0.331 e. The van der Waals surface area contributed by atoms with Gasteiger partial charge in [-0.05, 0) is 12.1 Å². The Hall–Kier alpha value is -2.37. The van der Waals surface area contributed by atoms with E-state index in [-0.39, 0.29) is 11.1 Å². The minimum Gasteiger partial charge on any atom is -0.350 e. The molecule has 1 aromatic rings. The lowest BCUT2D eigenvalue weighted by Crippen LogP contribution is -2.48. The van der Waals surface area contributed by atoms with Crippen molar-refractivity contribution in [3.05, 3.63) is 35.4 Å². The zero-order chi connectivity index (χ0) is 11.0. The first-order valence-electron chi connectivity index (χ1n) is 4.15. The molecule has 3 N–H and O–H groups in total. The van der Waals surface area contributed by atoms with E-state index in [0.717, 1.165) is 0 Å². The maximum Gasteiger partial charge on any atom is 0.331 e. The summed E-state index contributed by atoms with van der Waals surface area (Å²) in [5.74, 6) is -1.15. The summed E-state index contributed by atoms with van der Waals surface area (Å²) in [5, 5.41) is 0.604. The Labute approximate surface area is 84.6 Å². The van der Waals surface area contributed by atoms with Crippen molar-refractivity contribution in [3.63, 3.8) is 0 Å². The number of rotatable bonds is 1. The second-order valence-electron chi connectivity index (χ2n) is 2.97. The summed E-state index contributed by atoms with van der Waals surface area (Å²) >= 11 is 0. The van der Waals surface area contributed by atoms with Crippen molar-refractivity contribution in [1.29, 1.82) is 0 Å². The molecule has 1 aliphatic heterocycles. The van der Waals surface area contributed by atoms with Gasteiger partial charge in [-0.1, -0.05) is 12.1 Å². The average Bonchev–Trinajstić information content (AvgIpc) is 2.44. The molecule has 0 aliphatic carbocycles. The predicted molar refractivity (Wildman–Crippen MR) is 49.7 cm³/mol. The van der Waals surface area contributed by atoms with E-state index >= 15 is 0 Å². The summed E-state index contributed by atoms with van der Waals surface area (Å²) in [7, 11) is 0. The molecule has 15 heavy (non-hydrogen) atoms. The number of fused-ring (bicyclic) bond motifs is 1. The van der Waals surface area contributed by atoms with E-state index in [9.17, 15) is 14.4 Å². The molecule has 1 aliphatic rings. The van der Waals surface area contributed by atoms with E-state index in [4.69, 9.17) is 5.73 Å². The van der Waals surface area contributed by atoms with Crippen molar-refractivity contribution in [2.45, 2.75) is 0 Å². The van der Waals surface area contributed by atoms with E-state index in [2.05, 4.69) is 0 Å². The van der Waals surface area contributed by atoms with Gasteiger partial charge >= 0.3 is 6.03 Å². The average molecular weight is 205 g/mol. The number of urea groups is 1. The number of carbonyl (C=O) groups excluding carboxylic acids is 3. The molecule has 0 spiro atoms. The molecule has 76 valence electrons. The quantitative estimate of drug-likeness (QED) is 0.625. The fraction of sp³-hybridized carbons (Fsp3) is 0. The monoisotopic (exact) mass is 205 g/mol. The third-order valence-electron chi connectivity index (χ3n) is 2.02. The van der Waals surface area contributed by atoms with Crippen molar-refractivity contribution >= 4 is 17.8 Å². The Balaban J connectivity index is 2.41. The number of carbonyl (C=O) groups is 3. The van der Waals surface area contributed by atoms with Gasteiger partial charge in [0.05, 0.1) is 11.1 Å². The molecule has 0 bridgehead atoms. The first-order valence-corrected chi connectivity index (χ1v) is 4.15. The SMILES string of the molecule is NC(=O)NN1C(=O)c2ccccc2C1=O. The molecule has 0 radical (unpaired) electrons. The van der Waals surface area contributed by atoms with Crippen LogP contribution in [0.15, 0.2) is 24.3 Å². The molecular formula is C9H7N3O3. The Morgan fingerprint density at radius 2 is 1.60 bits per heavy atom. The third kappa shape index (κ3) is 1.32. The lowest BCUT2D eigenvalue weighted by atomic mass is 10.1. The topological polar surface area (TPSA) is 92.5 Å². The number of nitrogens with two attached hydrogens (primary N) is 1. The van der Waals surface area contributed by atoms with Crippen LogP contribution in [0.5, 0.6) is 0 Å². The van der Waals surface area contributed by atoms with Crippen LogP contribution in [0.1, 0.15) is 20.7 Å². The highest BCUT2D eigenvalue weighted by molar-refractivity contribution is 6.21. The van der Waals surface area contributed by atoms with Gasteiger partial charge in [-0.3, -0.25) is 9.59 Å². The maximum atomic E-state index is 11.6. The molecule has 1 heterocycles. The van der Waals surface area contributed by atoms with Crippen LogP contribution in [-0.4, -0.2) is 22.9 Å². The molecule has 0 fully saturated rings. The van der Waals surface area contributed by atoms with E-state index in [0.29, 0.717) is 5.01 Å². The Kier molecular flexibility index (Phi) is 1.89. The number of nitrogens with one attached hydrogen (secondary N) is 1. The first-order chi connectivity index (χ1) is 7.11. The molecule has 0 unspecified atom stereocenters. The van der Waals surface area contributed by atoms with E-state index in [1.807, 2.05) is 5.43 Å². The Morgan fingerprint density at radius 3 is 2.00 bits per heavy atom. The van der Waals surface area contributed by atoms with Gasteiger partial charge in [0, 0.05) is 0 Å². The summed E-state index contributed by atoms with van der Waals surface area (Å²) < 4.78 is 0. The Morgan fingerprint density at radius 1 is 1.13 bits per heavy atom. The van der Waals surface area contributed by atoms with Gasteiger partial charge < -0.3 is 5.73 Å². The number of amides is 4. The molecule has 2 rings (SSSR count). The zero-order valence-electron chi connectivity index (χ0n) is 7.56. The summed E-state index contributed by atoms with van der Waals surface area (Å²) in [6, 6.07) is 5.34. The lowest BCUT2D eigenvalue weighted by Gasteiger charge is -2.12. The summed E-state index contributed by atoms with van der Waals surface area (Å²) in [6.45, 7) is 0. The van der Waals surface area contributed by atoms with Gasteiger partial charge in [0.15, 0.2) is 0 Å². The van der Waals surface area contributed by atoms with Gasteiger partial charge in [-0.15, -0.1) is 0 Å². The van der Waals surface area contributed by atoms with E-state index < -0.39 is 17.8 Å². The number of nitrogens with zero attached hydrogens (tertiary/aromatic N) is 1. The molecule has 0 atom stereocenters. The molecule has 0 saturated carbocycles. The van der Waals surface area contributed by atoms with Gasteiger partial charge in [0.25, 0.3) is 11.8 Å². The number of primary amides is 1. The highest BCUT2D eigenvalue weighted by Gasteiger charge is 2.36. The second-order valence-corrected chi connectivity index (χ2v) is 2.97. The molecule has 1 aromatic carbocycles. The second kappa shape index (κ2) is 3.09. The highest BCUT2D eigenvalue weighted by Crippen LogP contribution is 2.20. The maximum absolute atomic E-state index is 11.6. The molecule has 6 heteroatoms. The minimum absolute atomic E-state index is 0.260. The van der Waals surface area contributed by atoms with Crippen LogP contribution in [0.2, 0.25) is 0 Å². The van der Waals surface area contributed by atoms with Gasteiger partial charge in [-0.2, -0.15) is 5.01 Å². The number of benzene rings is 1. The fourth-order valence-electron chi connectivity index (χ4n) is 1.40. The van der Waals surface area contributed by atoms with Crippen molar-refractivity contribution in [1.82, 2.24) is 10.4 Å². The molecule has 6 nitrogen and oxygen atoms in total. The number of hydrogen-bond donors (Lipinski definition) is 2. The lowest BCUT2D eigenvalue weighted by molar-refractivity contribution is 0.0590. The van der Waals surface area contributed by atoms with Crippen molar-refractivity contribution in [3.8, 4) is 0 Å². The summed E-state index contributed by atoms with van der Waals surface area (Å²) in [6.07, 6.45) is 0. The van der Waals surface area contributed by atoms with Gasteiger partial charge in [0.1, 0.15) is 0 Å². The van der Waals surface area contributed by atoms with Crippen molar-refractivity contribution in [2.75, 3.05) is 0 Å². The summed E-state index contributed by atoms with van der Waals surface area (Å²) in [5.41, 5.74) is 7.32. The molecule has 4 amide bonds. The number of hydrogen-bond acceptors (Lipinski definition) is 3. The molecule has 0 aromatic heterocycles. The van der Waals surface area contributed by atoms with Crippen molar-refractivity contribution in [2.24, 2.45) is 5.73 Å². The molecular weight excluding hydrogens is 198 g/mol. The minimum atomic E-state index is -0.954. The largest absolute Gasteiger partial charge is 0.350 e. The van der Waals surface area contributed by atoms with Crippen LogP contribution in [0.4, 0.5) is 4.79 Å². The van der Waals surface area contributed by atoms with E-state index in [1.54, 1.807) is 12.1 Å². The van der Waals surface area contributed by atoms with Crippen LogP contribution >= 0.6 is 0 Å². The van der Waals surface area contributed by atoms with Gasteiger partial charge in [0.2, 0.25) is 0 Å². The van der Waals surface area contributed by atoms with Crippen LogP contribution in [-0.2, 0) is 0 Å². The number of imide groups is 1. The number of hydrazine groups is 1. The van der Waals surface area contributed by atoms with E-state index in [1.165, 1.54) is 12.1 Å². The van der Waals surface area contributed by atoms with Gasteiger partial charge in [-0.25, -0.2) is 10.2 Å². The molecule has 0 saturated heterocycles. The standard InChI is InChI=1S/C9H7N3O3/c10-9(15)11-12-7(13)5-3-1-2-4-6(5)8(12)14/h1-4H,(H3,10,11,15). The fourth-order valence-corrected chi connectivity index (χ4v) is 1.40. The third-order valence-corrected chi connectivity index (χ3v) is 2.02. The Bertz CT molecular complexity index is 434. The predicted octanol–water partition coefficient (Wildman–Crippen LogP) is -0.134. The van der Waals surface area contributed by atoms with Crippen molar-refractivity contribution < 1.29 is 14.4 Å². The first kappa shape index (κ1) is 9.20. The van der Waals surface area contributed by atoms with Crippen LogP contribution in [0.3, 0.4) is 0 Å².